The van der Waals surface area contributed by atoms with Gasteiger partial charge < -0.3 is 15.5 Å². The zero-order valence-electron chi connectivity index (χ0n) is 11.5. The summed E-state index contributed by atoms with van der Waals surface area (Å²) in [6.45, 7) is 0. The van der Waals surface area contributed by atoms with Crippen LogP contribution in [0.5, 0.6) is 5.75 Å². The maximum Gasteiger partial charge on any atom is 0.160 e. The summed E-state index contributed by atoms with van der Waals surface area (Å²) in [6, 6.07) is 16.5. The average Bonchev–Trinajstić information content (AvgIpc) is 3.00. The Kier molecular flexibility index (Phi) is 4.09. The number of aromatic hydroxyl groups is 1. The summed E-state index contributed by atoms with van der Waals surface area (Å²) in [5.41, 5.74) is 1.62. The van der Waals surface area contributed by atoms with E-state index >= 15 is 0 Å². The Bertz CT molecular complexity index is 753. The molecule has 2 aromatic carbocycles. The molecule has 0 saturated heterocycles. The monoisotopic (exact) mass is 315 g/mol. The largest absolute Gasteiger partial charge is 0.508 e. The molecule has 3 aromatic rings. The van der Waals surface area contributed by atoms with E-state index in [9.17, 15) is 14.6 Å². The van der Waals surface area contributed by atoms with Crippen molar-refractivity contribution in [1.29, 1.82) is 0 Å². The first-order valence-corrected chi connectivity index (χ1v) is 7.53. The molecular formula is C17H14FNO2S. The van der Waals surface area contributed by atoms with Crippen molar-refractivity contribution in [3.8, 4) is 16.2 Å². The summed E-state index contributed by atoms with van der Waals surface area (Å²) < 4.78 is 12.9. The fraction of sp³-hybridized carbons (Fsp3) is 0.0588. The van der Waals surface area contributed by atoms with E-state index in [0.29, 0.717) is 5.69 Å². The lowest BCUT2D eigenvalue weighted by Crippen LogP contribution is -2.07. The molecule has 0 amide bonds. The van der Waals surface area contributed by atoms with Gasteiger partial charge in [-0.3, -0.25) is 0 Å². The van der Waals surface area contributed by atoms with Crippen LogP contribution in [-0.2, 0) is 0 Å². The first-order valence-electron chi connectivity index (χ1n) is 6.71. The number of phenolic OH excluding ortho intramolecular Hbond substituents is 1. The Balaban J connectivity index is 1.75. The van der Waals surface area contributed by atoms with E-state index in [1.807, 2.05) is 12.1 Å². The molecule has 112 valence electrons. The van der Waals surface area contributed by atoms with Crippen LogP contribution in [0.2, 0.25) is 0 Å². The normalized spacial score (nSPS) is 12.1. The first kappa shape index (κ1) is 14.6. The molecule has 3 N–H and O–H groups in total. The molecular weight excluding hydrogens is 301 g/mol. The van der Waals surface area contributed by atoms with Crippen molar-refractivity contribution < 1.29 is 14.6 Å². The van der Waals surface area contributed by atoms with Gasteiger partial charge in [-0.05, 0) is 54.1 Å². The van der Waals surface area contributed by atoms with Gasteiger partial charge in [-0.2, -0.15) is 0 Å². The molecule has 1 unspecified atom stereocenters. The van der Waals surface area contributed by atoms with Crippen LogP contribution < -0.4 is 5.32 Å². The molecule has 0 bridgehead atoms. The molecule has 1 aromatic heterocycles. The fourth-order valence-electron chi connectivity index (χ4n) is 2.06. The molecule has 0 radical (unpaired) electrons. The second-order valence-corrected chi connectivity index (χ2v) is 5.92. The van der Waals surface area contributed by atoms with E-state index in [2.05, 4.69) is 5.32 Å². The lowest BCUT2D eigenvalue weighted by molar-refractivity contribution is 0.212. The van der Waals surface area contributed by atoms with Crippen LogP contribution in [-0.4, -0.2) is 10.2 Å². The topological polar surface area (TPSA) is 52.5 Å². The third-order valence-corrected chi connectivity index (χ3v) is 4.38. The molecule has 3 nitrogen and oxygen atoms in total. The van der Waals surface area contributed by atoms with Crippen molar-refractivity contribution in [2.24, 2.45) is 0 Å². The number of thiophene rings is 1. The van der Waals surface area contributed by atoms with E-state index in [0.717, 1.165) is 15.3 Å². The number of aliphatic hydroxyl groups is 1. The molecule has 0 fully saturated rings. The van der Waals surface area contributed by atoms with Crippen LogP contribution in [0.1, 0.15) is 11.1 Å². The molecule has 3 rings (SSSR count). The molecule has 22 heavy (non-hydrogen) atoms. The summed E-state index contributed by atoms with van der Waals surface area (Å²) >= 11 is 1.44. The van der Waals surface area contributed by atoms with Gasteiger partial charge in [0.25, 0.3) is 0 Å². The second kappa shape index (κ2) is 6.17. The minimum absolute atomic E-state index is 0.176. The van der Waals surface area contributed by atoms with Gasteiger partial charge in [0.1, 0.15) is 11.6 Å². The number of rotatable bonds is 4. The molecule has 1 atom stereocenters. The van der Waals surface area contributed by atoms with Gasteiger partial charge in [0.15, 0.2) is 6.23 Å². The first-order chi connectivity index (χ1) is 10.6. The van der Waals surface area contributed by atoms with Crippen LogP contribution in [0, 0.1) is 5.82 Å². The van der Waals surface area contributed by atoms with Gasteiger partial charge in [-0.15, -0.1) is 11.3 Å². The molecule has 0 aliphatic carbocycles. The zero-order chi connectivity index (χ0) is 15.5. The van der Waals surface area contributed by atoms with E-state index < -0.39 is 6.23 Å². The predicted molar refractivity (Wildman–Crippen MR) is 86.4 cm³/mol. The van der Waals surface area contributed by atoms with E-state index in [1.54, 1.807) is 36.4 Å². The van der Waals surface area contributed by atoms with Gasteiger partial charge in [0, 0.05) is 10.6 Å². The number of nitrogens with one attached hydrogen (secondary N) is 1. The highest BCUT2D eigenvalue weighted by Gasteiger charge is 2.11. The highest BCUT2D eigenvalue weighted by molar-refractivity contribution is 7.15. The number of benzene rings is 2. The van der Waals surface area contributed by atoms with E-state index in [1.165, 1.54) is 23.5 Å². The van der Waals surface area contributed by atoms with Gasteiger partial charge in [-0.25, -0.2) is 4.39 Å². The Morgan fingerprint density at radius 1 is 0.909 bits per heavy atom. The van der Waals surface area contributed by atoms with Crippen molar-refractivity contribution in [3.05, 3.63) is 71.4 Å². The van der Waals surface area contributed by atoms with Crippen molar-refractivity contribution in [2.45, 2.75) is 6.23 Å². The van der Waals surface area contributed by atoms with Crippen LogP contribution in [0.3, 0.4) is 0 Å². The van der Waals surface area contributed by atoms with Crippen LogP contribution >= 0.6 is 11.3 Å². The SMILES string of the molecule is Oc1ccc(NC(O)c2ccc(-c3ccc(F)cc3)s2)cc1. The summed E-state index contributed by atoms with van der Waals surface area (Å²) in [4.78, 5) is 1.72. The minimum atomic E-state index is -0.844. The molecule has 1 heterocycles. The van der Waals surface area contributed by atoms with Gasteiger partial charge >= 0.3 is 0 Å². The lowest BCUT2D eigenvalue weighted by Gasteiger charge is -2.12. The highest BCUT2D eigenvalue weighted by Crippen LogP contribution is 2.32. The number of anilines is 1. The van der Waals surface area contributed by atoms with Crippen molar-refractivity contribution in [3.63, 3.8) is 0 Å². The standard InChI is InChI=1S/C17H14FNO2S/c18-12-3-1-11(2-4-12)15-9-10-16(22-15)17(21)19-13-5-7-14(20)8-6-13/h1-10,17,19-21H. The van der Waals surface area contributed by atoms with Crippen LogP contribution in [0.15, 0.2) is 60.7 Å². The van der Waals surface area contributed by atoms with E-state index in [4.69, 9.17) is 0 Å². The quantitative estimate of drug-likeness (QED) is 0.495. The Labute approximate surface area is 131 Å². The Hall–Kier alpha value is -2.37. The Morgan fingerprint density at radius 3 is 2.27 bits per heavy atom. The third-order valence-electron chi connectivity index (χ3n) is 3.20. The predicted octanol–water partition coefficient (Wildman–Crippen LogP) is 4.36. The smallest absolute Gasteiger partial charge is 0.160 e. The Morgan fingerprint density at radius 2 is 1.59 bits per heavy atom. The van der Waals surface area contributed by atoms with E-state index in [-0.39, 0.29) is 11.6 Å². The summed E-state index contributed by atoms with van der Waals surface area (Å²) in [5.74, 6) is -0.0932. The molecule has 0 aliphatic rings. The number of phenols is 1. The minimum Gasteiger partial charge on any atom is -0.508 e. The van der Waals surface area contributed by atoms with Crippen molar-refractivity contribution >= 4 is 17.0 Å². The van der Waals surface area contributed by atoms with Crippen molar-refractivity contribution in [2.75, 3.05) is 5.32 Å². The molecule has 5 heteroatoms. The van der Waals surface area contributed by atoms with Crippen molar-refractivity contribution in [1.82, 2.24) is 0 Å². The highest BCUT2D eigenvalue weighted by atomic mass is 32.1. The maximum absolute atomic E-state index is 12.9. The van der Waals surface area contributed by atoms with Crippen LogP contribution in [0.25, 0.3) is 10.4 Å². The number of hydrogen-bond acceptors (Lipinski definition) is 4. The third kappa shape index (κ3) is 3.27. The maximum atomic E-state index is 12.9. The molecule has 0 aliphatic heterocycles. The summed E-state index contributed by atoms with van der Waals surface area (Å²) in [6.07, 6.45) is -0.844. The van der Waals surface area contributed by atoms with Gasteiger partial charge in [0.2, 0.25) is 0 Å². The lowest BCUT2D eigenvalue weighted by atomic mass is 10.2. The number of aliphatic hydroxyl groups excluding tert-OH is 1. The summed E-state index contributed by atoms with van der Waals surface area (Å²) in [7, 11) is 0. The number of hydrogen-bond donors (Lipinski definition) is 3. The average molecular weight is 315 g/mol. The molecule has 0 saturated carbocycles. The number of halogens is 1. The van der Waals surface area contributed by atoms with Gasteiger partial charge in [-0.1, -0.05) is 12.1 Å². The van der Waals surface area contributed by atoms with Crippen LogP contribution in [0.4, 0.5) is 10.1 Å². The zero-order valence-corrected chi connectivity index (χ0v) is 12.3. The fourth-order valence-corrected chi connectivity index (χ4v) is 3.01. The second-order valence-electron chi connectivity index (χ2n) is 4.80. The summed E-state index contributed by atoms with van der Waals surface area (Å²) in [5, 5.41) is 22.4. The van der Waals surface area contributed by atoms with Gasteiger partial charge in [0.05, 0.1) is 4.88 Å². The molecule has 0 spiro atoms.